The van der Waals surface area contributed by atoms with Crippen LogP contribution in [0.15, 0.2) is 12.1 Å². The molecular weight excluding hydrogens is 258 g/mol. The molecular formula is C13H21N5O2. The first kappa shape index (κ1) is 14.5. The zero-order chi connectivity index (χ0) is 14.5. The molecule has 1 aromatic heterocycles. The molecule has 0 aromatic carbocycles. The smallest absolute Gasteiger partial charge is 0.311 e. The Morgan fingerprint density at radius 2 is 2.30 bits per heavy atom. The molecule has 7 nitrogen and oxygen atoms in total. The quantitative estimate of drug-likeness (QED) is 0.611. The maximum atomic E-state index is 11.0. The summed E-state index contributed by atoms with van der Waals surface area (Å²) in [5, 5.41) is 17.2. The van der Waals surface area contributed by atoms with E-state index in [-0.39, 0.29) is 5.69 Å². The second-order valence-corrected chi connectivity index (χ2v) is 5.01. The summed E-state index contributed by atoms with van der Waals surface area (Å²) in [6, 6.07) is 3.54. The monoisotopic (exact) mass is 279 g/mol. The summed E-state index contributed by atoms with van der Waals surface area (Å²) >= 11 is 0. The molecule has 1 aliphatic rings. The molecule has 110 valence electrons. The second-order valence-electron chi connectivity index (χ2n) is 5.01. The minimum Gasteiger partial charge on any atom is -0.370 e. The Morgan fingerprint density at radius 3 is 2.90 bits per heavy atom. The van der Waals surface area contributed by atoms with Crippen LogP contribution in [0.3, 0.4) is 0 Å². The molecule has 0 saturated carbocycles. The van der Waals surface area contributed by atoms with Crippen LogP contribution in [-0.2, 0) is 0 Å². The number of nitrogens with one attached hydrogen (secondary N) is 2. The summed E-state index contributed by atoms with van der Waals surface area (Å²) in [7, 11) is 2.08. The fraction of sp³-hybridized carbons (Fsp3) is 0.615. The number of aromatic nitrogens is 1. The molecule has 1 saturated heterocycles. The number of likely N-dealkylation sites (N-methyl/N-ethyl adjacent to an activating group) is 1. The largest absolute Gasteiger partial charge is 0.370 e. The number of hydrogen-bond acceptors (Lipinski definition) is 6. The van der Waals surface area contributed by atoms with Gasteiger partial charge in [-0.1, -0.05) is 0 Å². The molecule has 0 bridgehead atoms. The van der Waals surface area contributed by atoms with Gasteiger partial charge in [-0.2, -0.15) is 0 Å². The number of rotatable bonds is 6. The van der Waals surface area contributed by atoms with E-state index in [9.17, 15) is 10.1 Å². The molecule has 1 aliphatic heterocycles. The van der Waals surface area contributed by atoms with Crippen molar-refractivity contribution < 1.29 is 4.92 Å². The van der Waals surface area contributed by atoms with Crippen LogP contribution in [0.25, 0.3) is 0 Å². The van der Waals surface area contributed by atoms with E-state index in [4.69, 9.17) is 0 Å². The zero-order valence-electron chi connectivity index (χ0n) is 11.9. The van der Waals surface area contributed by atoms with E-state index in [2.05, 4.69) is 27.6 Å². The van der Waals surface area contributed by atoms with Crippen molar-refractivity contribution in [2.75, 3.05) is 37.3 Å². The van der Waals surface area contributed by atoms with Gasteiger partial charge in [0.05, 0.1) is 4.92 Å². The average Bonchev–Trinajstić information content (AvgIpc) is 2.82. The van der Waals surface area contributed by atoms with Gasteiger partial charge >= 0.3 is 5.69 Å². The third-order valence-electron chi connectivity index (χ3n) is 3.61. The van der Waals surface area contributed by atoms with Crippen molar-refractivity contribution in [1.82, 2.24) is 9.88 Å². The van der Waals surface area contributed by atoms with Gasteiger partial charge in [0, 0.05) is 25.2 Å². The van der Waals surface area contributed by atoms with Crippen molar-refractivity contribution in [3.05, 3.63) is 22.2 Å². The molecule has 2 N–H and O–H groups in total. The molecule has 0 aliphatic carbocycles. The maximum absolute atomic E-state index is 11.0. The van der Waals surface area contributed by atoms with E-state index in [1.54, 1.807) is 6.07 Å². The van der Waals surface area contributed by atoms with E-state index in [1.807, 2.05) is 6.92 Å². The van der Waals surface area contributed by atoms with Crippen LogP contribution in [-0.4, -0.2) is 47.5 Å². The lowest BCUT2D eigenvalue weighted by atomic mass is 10.2. The number of likely N-dealkylation sites (tertiary alicyclic amines) is 1. The highest BCUT2D eigenvalue weighted by Crippen LogP contribution is 2.25. The first-order chi connectivity index (χ1) is 9.61. The minimum absolute atomic E-state index is 0.0207. The summed E-state index contributed by atoms with van der Waals surface area (Å²) in [6.07, 6.45) is 2.29. The number of pyridine rings is 1. The van der Waals surface area contributed by atoms with Crippen molar-refractivity contribution in [2.45, 2.75) is 25.8 Å². The van der Waals surface area contributed by atoms with Crippen LogP contribution in [0.2, 0.25) is 0 Å². The molecule has 7 heteroatoms. The van der Waals surface area contributed by atoms with Crippen LogP contribution < -0.4 is 10.6 Å². The fourth-order valence-corrected chi connectivity index (χ4v) is 2.46. The number of anilines is 2. The highest BCUT2D eigenvalue weighted by Gasteiger charge is 2.22. The van der Waals surface area contributed by atoms with E-state index in [0.717, 1.165) is 19.5 Å². The highest BCUT2D eigenvalue weighted by molar-refractivity contribution is 5.60. The van der Waals surface area contributed by atoms with Gasteiger partial charge in [-0.05, 0) is 39.4 Å². The van der Waals surface area contributed by atoms with Gasteiger partial charge in [-0.15, -0.1) is 0 Å². The van der Waals surface area contributed by atoms with Crippen LogP contribution in [0, 0.1) is 10.1 Å². The SMILES string of the molecule is CCNc1ccc([N+](=O)[O-])c(NCC2CCCN2C)n1. The average molecular weight is 279 g/mol. The summed E-state index contributed by atoms with van der Waals surface area (Å²) < 4.78 is 0. The Morgan fingerprint density at radius 1 is 1.50 bits per heavy atom. The van der Waals surface area contributed by atoms with E-state index in [0.29, 0.717) is 24.2 Å². The minimum atomic E-state index is -0.399. The van der Waals surface area contributed by atoms with E-state index in [1.165, 1.54) is 12.5 Å². The van der Waals surface area contributed by atoms with Crippen molar-refractivity contribution in [3.63, 3.8) is 0 Å². The van der Waals surface area contributed by atoms with Crippen molar-refractivity contribution in [3.8, 4) is 0 Å². The Bertz CT molecular complexity index is 480. The van der Waals surface area contributed by atoms with Gasteiger partial charge < -0.3 is 15.5 Å². The summed E-state index contributed by atoms with van der Waals surface area (Å²) in [5.74, 6) is 0.995. The van der Waals surface area contributed by atoms with Crippen molar-refractivity contribution >= 4 is 17.3 Å². The molecule has 1 atom stereocenters. The van der Waals surface area contributed by atoms with Gasteiger partial charge in [-0.3, -0.25) is 10.1 Å². The number of nitro groups is 1. The Labute approximate surface area is 118 Å². The normalized spacial score (nSPS) is 19.0. The highest BCUT2D eigenvalue weighted by atomic mass is 16.6. The standard InChI is InChI=1S/C13H21N5O2/c1-3-14-12-7-6-11(18(19)20)13(16-12)15-9-10-5-4-8-17(10)2/h6-7,10H,3-5,8-9H2,1-2H3,(H2,14,15,16). The topological polar surface area (TPSA) is 83.3 Å². The maximum Gasteiger partial charge on any atom is 0.311 e. The lowest BCUT2D eigenvalue weighted by molar-refractivity contribution is -0.384. The zero-order valence-corrected chi connectivity index (χ0v) is 11.9. The van der Waals surface area contributed by atoms with E-state index < -0.39 is 4.92 Å². The Balaban J connectivity index is 2.10. The Hall–Kier alpha value is -1.89. The Kier molecular flexibility index (Phi) is 4.73. The van der Waals surface area contributed by atoms with Crippen LogP contribution >= 0.6 is 0 Å². The third-order valence-corrected chi connectivity index (χ3v) is 3.61. The fourth-order valence-electron chi connectivity index (χ4n) is 2.46. The van der Waals surface area contributed by atoms with Crippen LogP contribution in [0.4, 0.5) is 17.3 Å². The molecule has 20 heavy (non-hydrogen) atoms. The predicted octanol–water partition coefficient (Wildman–Crippen LogP) is 1.93. The second kappa shape index (κ2) is 6.51. The van der Waals surface area contributed by atoms with Gasteiger partial charge in [0.15, 0.2) is 0 Å². The lowest BCUT2D eigenvalue weighted by Gasteiger charge is -2.20. The van der Waals surface area contributed by atoms with Gasteiger partial charge in [-0.25, -0.2) is 4.98 Å². The molecule has 2 rings (SSSR count). The summed E-state index contributed by atoms with van der Waals surface area (Å²) in [5.41, 5.74) is 0.0207. The van der Waals surface area contributed by atoms with Crippen molar-refractivity contribution in [1.29, 1.82) is 0 Å². The summed E-state index contributed by atoms with van der Waals surface area (Å²) in [6.45, 7) is 4.46. The molecule has 0 amide bonds. The third kappa shape index (κ3) is 3.36. The van der Waals surface area contributed by atoms with Crippen molar-refractivity contribution in [2.24, 2.45) is 0 Å². The number of nitrogens with zero attached hydrogens (tertiary/aromatic N) is 3. The van der Waals surface area contributed by atoms with Gasteiger partial charge in [0.1, 0.15) is 5.82 Å². The van der Waals surface area contributed by atoms with Gasteiger partial charge in [0.25, 0.3) is 0 Å². The van der Waals surface area contributed by atoms with Gasteiger partial charge in [0.2, 0.25) is 5.82 Å². The first-order valence-corrected chi connectivity index (χ1v) is 6.95. The molecule has 0 radical (unpaired) electrons. The molecule has 0 spiro atoms. The lowest BCUT2D eigenvalue weighted by Crippen LogP contribution is -2.31. The van der Waals surface area contributed by atoms with E-state index >= 15 is 0 Å². The van der Waals surface area contributed by atoms with Crippen LogP contribution in [0.5, 0.6) is 0 Å². The first-order valence-electron chi connectivity index (χ1n) is 6.95. The molecule has 1 fully saturated rings. The number of hydrogen-bond donors (Lipinski definition) is 2. The summed E-state index contributed by atoms with van der Waals surface area (Å²) in [4.78, 5) is 17.2. The predicted molar refractivity (Wildman–Crippen MR) is 79.2 cm³/mol. The molecule has 1 unspecified atom stereocenters. The molecule has 2 heterocycles. The molecule has 1 aromatic rings. The van der Waals surface area contributed by atoms with Crippen LogP contribution in [0.1, 0.15) is 19.8 Å².